The first-order valence-electron chi connectivity index (χ1n) is 8.36. The zero-order valence-corrected chi connectivity index (χ0v) is 16.2. The molecule has 22 heavy (non-hydrogen) atoms. The highest BCUT2D eigenvalue weighted by molar-refractivity contribution is 14.0. The lowest BCUT2D eigenvalue weighted by molar-refractivity contribution is -0.149. The number of hydrogen-bond donors (Lipinski definition) is 1. The van der Waals surface area contributed by atoms with Crippen molar-refractivity contribution in [2.45, 2.75) is 45.4 Å². The molecule has 128 valence electrons. The molecule has 1 N–H and O–H groups in total. The van der Waals surface area contributed by atoms with Gasteiger partial charge in [0.05, 0.1) is 12.5 Å². The van der Waals surface area contributed by atoms with E-state index in [1.54, 1.807) is 0 Å². The molecule has 0 aromatic rings. The van der Waals surface area contributed by atoms with Crippen molar-refractivity contribution >= 4 is 35.9 Å². The number of aliphatic imine (C=N–C) groups is 1. The molecule has 0 radical (unpaired) electrons. The molecular formula is C16H30IN3O2. The summed E-state index contributed by atoms with van der Waals surface area (Å²) in [5.41, 5.74) is 0. The molecule has 0 amide bonds. The number of nitrogens with zero attached hydrogens (tertiary/aromatic N) is 2. The molecule has 2 aliphatic rings. The maximum Gasteiger partial charge on any atom is 0.309 e. The maximum absolute atomic E-state index is 11.7. The molecule has 0 bridgehead atoms. The van der Waals surface area contributed by atoms with Gasteiger partial charge in [-0.15, -0.1) is 24.0 Å². The predicted molar refractivity (Wildman–Crippen MR) is 99.7 cm³/mol. The van der Waals surface area contributed by atoms with Gasteiger partial charge in [-0.2, -0.15) is 0 Å². The molecule has 5 nitrogen and oxygen atoms in total. The molecule has 0 aromatic carbocycles. The summed E-state index contributed by atoms with van der Waals surface area (Å²) in [6.45, 7) is 5.10. The van der Waals surface area contributed by atoms with E-state index in [0.29, 0.717) is 6.61 Å². The number of carbonyl (C=O) groups is 1. The molecule has 1 heterocycles. The third-order valence-corrected chi connectivity index (χ3v) is 4.40. The Hall–Kier alpha value is -0.530. The Balaban J connectivity index is 0.00000242. The lowest BCUT2D eigenvalue weighted by atomic mass is 9.97. The first kappa shape index (κ1) is 19.5. The van der Waals surface area contributed by atoms with Crippen molar-refractivity contribution in [2.24, 2.45) is 16.8 Å². The van der Waals surface area contributed by atoms with Crippen molar-refractivity contribution in [2.75, 3.05) is 33.3 Å². The van der Waals surface area contributed by atoms with Gasteiger partial charge >= 0.3 is 5.97 Å². The van der Waals surface area contributed by atoms with Crippen LogP contribution in [0.5, 0.6) is 0 Å². The van der Waals surface area contributed by atoms with Crippen molar-refractivity contribution in [3.63, 3.8) is 0 Å². The average molecular weight is 423 g/mol. The van der Waals surface area contributed by atoms with Gasteiger partial charge in [-0.05, 0) is 38.5 Å². The smallest absolute Gasteiger partial charge is 0.309 e. The summed E-state index contributed by atoms with van der Waals surface area (Å²) < 4.78 is 5.11. The highest BCUT2D eigenvalue weighted by Gasteiger charge is 2.27. The Morgan fingerprint density at radius 2 is 1.95 bits per heavy atom. The summed E-state index contributed by atoms with van der Waals surface area (Å²) in [5.74, 6) is 2.00. The Morgan fingerprint density at radius 1 is 1.27 bits per heavy atom. The molecule has 0 spiro atoms. The normalized spacial score (nSPS) is 19.5. The summed E-state index contributed by atoms with van der Waals surface area (Å²) in [7, 11) is 1.83. The summed E-state index contributed by atoms with van der Waals surface area (Å²) >= 11 is 0. The third kappa shape index (κ3) is 6.30. The number of guanidine groups is 1. The molecule has 2 fully saturated rings. The van der Waals surface area contributed by atoms with E-state index in [2.05, 4.69) is 15.2 Å². The van der Waals surface area contributed by atoms with Crippen LogP contribution in [0.15, 0.2) is 4.99 Å². The number of ether oxygens (including phenoxy) is 1. The number of halogens is 1. The van der Waals surface area contributed by atoms with Gasteiger partial charge in [-0.25, -0.2) is 0 Å². The van der Waals surface area contributed by atoms with Gasteiger partial charge in [0.15, 0.2) is 5.96 Å². The number of piperidine rings is 1. The van der Waals surface area contributed by atoms with Gasteiger partial charge in [0.25, 0.3) is 0 Å². The van der Waals surface area contributed by atoms with Gasteiger partial charge in [0, 0.05) is 26.7 Å². The van der Waals surface area contributed by atoms with Crippen LogP contribution in [-0.2, 0) is 9.53 Å². The average Bonchev–Trinajstić information content (AvgIpc) is 3.32. The van der Waals surface area contributed by atoms with Crippen molar-refractivity contribution in [1.29, 1.82) is 0 Å². The Kier molecular flexibility index (Phi) is 9.12. The van der Waals surface area contributed by atoms with Crippen LogP contribution in [0.4, 0.5) is 0 Å². The van der Waals surface area contributed by atoms with Crippen LogP contribution >= 0.6 is 24.0 Å². The highest BCUT2D eigenvalue weighted by atomic mass is 127. The topological polar surface area (TPSA) is 53.9 Å². The summed E-state index contributed by atoms with van der Waals surface area (Å²) in [5, 5.41) is 3.45. The van der Waals surface area contributed by atoms with Crippen LogP contribution in [0.2, 0.25) is 0 Å². The maximum atomic E-state index is 11.7. The van der Waals surface area contributed by atoms with Crippen molar-refractivity contribution in [1.82, 2.24) is 10.2 Å². The fraction of sp³-hybridized carbons (Fsp3) is 0.875. The van der Waals surface area contributed by atoms with Gasteiger partial charge in [0.1, 0.15) is 0 Å². The molecule has 2 rings (SSSR count). The second kappa shape index (κ2) is 10.3. The minimum absolute atomic E-state index is 0. The highest BCUT2D eigenvalue weighted by Crippen LogP contribution is 2.33. The first-order chi connectivity index (χ1) is 10.2. The lowest BCUT2D eigenvalue weighted by Crippen LogP contribution is -2.46. The van der Waals surface area contributed by atoms with E-state index in [0.717, 1.165) is 44.4 Å². The van der Waals surface area contributed by atoms with Crippen molar-refractivity contribution < 1.29 is 9.53 Å². The second-order valence-electron chi connectivity index (χ2n) is 6.07. The second-order valence-corrected chi connectivity index (χ2v) is 6.07. The fourth-order valence-electron chi connectivity index (χ4n) is 2.92. The standard InChI is InChI=1S/C16H29N3O2.HI/c1-3-21-15(20)14-8-11-19(12-9-14)16(17-2)18-10-4-5-13-6-7-13;/h13-14H,3-12H2,1-2H3,(H,17,18);1H. The predicted octanol–water partition coefficient (Wildman–Crippen LogP) is 2.65. The van der Waals surface area contributed by atoms with Crippen LogP contribution in [0.3, 0.4) is 0 Å². The Morgan fingerprint density at radius 3 is 2.50 bits per heavy atom. The van der Waals surface area contributed by atoms with Crippen molar-refractivity contribution in [3.05, 3.63) is 0 Å². The van der Waals surface area contributed by atoms with Gasteiger partial charge in [-0.1, -0.05) is 12.8 Å². The summed E-state index contributed by atoms with van der Waals surface area (Å²) in [6, 6.07) is 0. The molecular weight excluding hydrogens is 393 g/mol. The van der Waals surface area contributed by atoms with E-state index in [-0.39, 0.29) is 35.9 Å². The molecule has 1 saturated carbocycles. The molecule has 1 aliphatic heterocycles. The fourth-order valence-corrected chi connectivity index (χ4v) is 2.92. The van der Waals surface area contributed by atoms with Crippen LogP contribution in [-0.4, -0.2) is 50.1 Å². The minimum Gasteiger partial charge on any atom is -0.466 e. The number of carbonyl (C=O) groups excluding carboxylic acids is 1. The quantitative estimate of drug-likeness (QED) is 0.235. The number of nitrogens with one attached hydrogen (secondary N) is 1. The molecule has 6 heteroatoms. The van der Waals surface area contributed by atoms with E-state index in [1.165, 1.54) is 25.7 Å². The van der Waals surface area contributed by atoms with Gasteiger partial charge in [0.2, 0.25) is 0 Å². The molecule has 0 atom stereocenters. The number of likely N-dealkylation sites (tertiary alicyclic amines) is 1. The minimum atomic E-state index is -0.0375. The zero-order chi connectivity index (χ0) is 15.1. The van der Waals surface area contributed by atoms with Gasteiger partial charge in [-0.3, -0.25) is 9.79 Å². The lowest BCUT2D eigenvalue weighted by Gasteiger charge is -2.33. The third-order valence-electron chi connectivity index (χ3n) is 4.40. The molecule has 0 unspecified atom stereocenters. The first-order valence-corrected chi connectivity index (χ1v) is 8.36. The SMILES string of the molecule is CCOC(=O)C1CCN(C(=NC)NCCCC2CC2)CC1.I. The van der Waals surface area contributed by atoms with E-state index >= 15 is 0 Å². The zero-order valence-electron chi connectivity index (χ0n) is 13.8. The van der Waals surface area contributed by atoms with E-state index in [1.807, 2.05) is 14.0 Å². The number of hydrogen-bond acceptors (Lipinski definition) is 3. The van der Waals surface area contributed by atoms with E-state index in [4.69, 9.17) is 4.74 Å². The van der Waals surface area contributed by atoms with Crippen molar-refractivity contribution in [3.8, 4) is 0 Å². The number of rotatable bonds is 6. The van der Waals surface area contributed by atoms with Crippen LogP contribution in [0, 0.1) is 11.8 Å². The van der Waals surface area contributed by atoms with Gasteiger partial charge < -0.3 is 15.0 Å². The monoisotopic (exact) mass is 423 g/mol. The molecule has 1 saturated heterocycles. The van der Waals surface area contributed by atoms with Crippen LogP contribution in [0.1, 0.15) is 45.4 Å². The molecule has 0 aromatic heterocycles. The summed E-state index contributed by atoms with van der Waals surface area (Å²) in [6.07, 6.45) is 7.15. The van der Waals surface area contributed by atoms with E-state index in [9.17, 15) is 4.79 Å². The number of esters is 1. The Labute approximate surface area is 151 Å². The molecule has 1 aliphatic carbocycles. The Bertz CT molecular complexity index is 364. The van der Waals surface area contributed by atoms with Crippen LogP contribution < -0.4 is 5.32 Å². The summed E-state index contributed by atoms with van der Waals surface area (Å²) in [4.78, 5) is 18.4. The largest absolute Gasteiger partial charge is 0.466 e. The van der Waals surface area contributed by atoms with E-state index < -0.39 is 0 Å². The van der Waals surface area contributed by atoms with Crippen LogP contribution in [0.25, 0.3) is 0 Å².